The Kier molecular flexibility index (Phi) is 8.16. The van der Waals surface area contributed by atoms with Crippen molar-refractivity contribution in [3.63, 3.8) is 0 Å². The Morgan fingerprint density at radius 1 is 1.26 bits per heavy atom. The summed E-state index contributed by atoms with van der Waals surface area (Å²) >= 11 is 0. The molecule has 1 amide bonds. The molecule has 0 saturated carbocycles. The smallest absolute Gasteiger partial charge is 0.407 e. The average molecular weight is 384 g/mol. The Morgan fingerprint density at radius 3 is 2.70 bits per heavy atom. The lowest BCUT2D eigenvalue weighted by Gasteiger charge is -2.27. The molecule has 0 spiro atoms. The van der Waals surface area contributed by atoms with E-state index in [1.807, 2.05) is 27.8 Å². The summed E-state index contributed by atoms with van der Waals surface area (Å²) in [6.07, 6.45) is 2.98. The highest BCUT2D eigenvalue weighted by molar-refractivity contribution is 5.80. The van der Waals surface area contributed by atoms with Crippen LogP contribution >= 0.6 is 0 Å². The van der Waals surface area contributed by atoms with Crippen LogP contribution in [0.5, 0.6) is 0 Å². The predicted molar refractivity (Wildman–Crippen MR) is 107 cm³/mol. The number of amides is 1. The zero-order valence-corrected chi connectivity index (χ0v) is 17.6. The van der Waals surface area contributed by atoms with Gasteiger partial charge in [-0.05, 0) is 46.6 Å². The highest BCUT2D eigenvalue weighted by Gasteiger charge is 2.29. The SMILES string of the molecule is CN=C(NCC1CCCN1CCOC)N1CCC(NC(=O)OC(C)(C)C)C1. The summed E-state index contributed by atoms with van der Waals surface area (Å²) in [5, 5.41) is 6.49. The minimum Gasteiger partial charge on any atom is -0.444 e. The van der Waals surface area contributed by atoms with Gasteiger partial charge in [0, 0.05) is 46.4 Å². The molecule has 2 aliphatic heterocycles. The van der Waals surface area contributed by atoms with Gasteiger partial charge in [0.25, 0.3) is 0 Å². The molecule has 2 rings (SSSR count). The minimum atomic E-state index is -0.476. The van der Waals surface area contributed by atoms with Gasteiger partial charge in [0.2, 0.25) is 0 Å². The van der Waals surface area contributed by atoms with Crippen LogP contribution in [0.3, 0.4) is 0 Å². The zero-order valence-electron chi connectivity index (χ0n) is 17.6. The van der Waals surface area contributed by atoms with Crippen molar-refractivity contribution in [2.24, 2.45) is 4.99 Å². The maximum absolute atomic E-state index is 12.0. The van der Waals surface area contributed by atoms with Gasteiger partial charge in [0.1, 0.15) is 5.60 Å². The number of carbonyl (C=O) groups excluding carboxylic acids is 1. The van der Waals surface area contributed by atoms with Crippen LogP contribution in [-0.2, 0) is 9.47 Å². The minimum absolute atomic E-state index is 0.0862. The summed E-state index contributed by atoms with van der Waals surface area (Å²) in [6.45, 7) is 11.0. The van der Waals surface area contributed by atoms with Crippen LogP contribution in [0.25, 0.3) is 0 Å². The van der Waals surface area contributed by atoms with Crippen molar-refractivity contribution < 1.29 is 14.3 Å². The van der Waals surface area contributed by atoms with Crippen LogP contribution < -0.4 is 10.6 Å². The van der Waals surface area contributed by atoms with Crippen LogP contribution in [-0.4, -0.2) is 93.0 Å². The van der Waals surface area contributed by atoms with Crippen LogP contribution in [0.4, 0.5) is 4.79 Å². The summed E-state index contributed by atoms with van der Waals surface area (Å²) in [7, 11) is 3.56. The number of aliphatic imine (C=N–C) groups is 1. The van der Waals surface area contributed by atoms with Crippen molar-refractivity contribution in [2.75, 3.05) is 53.5 Å². The fraction of sp³-hybridized carbons (Fsp3) is 0.895. The molecule has 0 aliphatic carbocycles. The van der Waals surface area contributed by atoms with Gasteiger partial charge >= 0.3 is 6.09 Å². The lowest BCUT2D eigenvalue weighted by atomic mass is 10.2. The first-order valence-electron chi connectivity index (χ1n) is 10.0. The molecule has 0 aromatic rings. The summed E-state index contributed by atoms with van der Waals surface area (Å²) in [5.41, 5.74) is -0.476. The maximum atomic E-state index is 12.0. The number of hydrogen-bond donors (Lipinski definition) is 2. The van der Waals surface area contributed by atoms with E-state index >= 15 is 0 Å². The van der Waals surface area contributed by atoms with Gasteiger partial charge in [-0.1, -0.05) is 0 Å². The van der Waals surface area contributed by atoms with E-state index in [0.29, 0.717) is 6.04 Å². The highest BCUT2D eigenvalue weighted by Crippen LogP contribution is 2.16. The van der Waals surface area contributed by atoms with Gasteiger partial charge in [0.15, 0.2) is 5.96 Å². The fourth-order valence-electron chi connectivity index (χ4n) is 3.72. The van der Waals surface area contributed by atoms with Crippen LogP contribution in [0, 0.1) is 0 Å². The molecule has 2 N–H and O–H groups in total. The molecule has 2 atom stereocenters. The second-order valence-electron chi connectivity index (χ2n) is 8.33. The number of alkyl carbamates (subject to hydrolysis) is 1. The Bertz CT molecular complexity index is 506. The summed E-state index contributed by atoms with van der Waals surface area (Å²) in [6, 6.07) is 0.610. The molecule has 0 aromatic heterocycles. The molecule has 27 heavy (non-hydrogen) atoms. The van der Waals surface area contributed by atoms with Gasteiger partial charge in [-0.2, -0.15) is 0 Å². The summed E-state index contributed by atoms with van der Waals surface area (Å²) < 4.78 is 10.6. The van der Waals surface area contributed by atoms with Crippen molar-refractivity contribution in [3.8, 4) is 0 Å². The second-order valence-corrected chi connectivity index (χ2v) is 8.33. The topological polar surface area (TPSA) is 78.4 Å². The number of hydrogen-bond acceptors (Lipinski definition) is 5. The number of nitrogens with zero attached hydrogens (tertiary/aromatic N) is 3. The van der Waals surface area contributed by atoms with Crippen molar-refractivity contribution in [3.05, 3.63) is 0 Å². The molecular formula is C19H37N5O3. The van der Waals surface area contributed by atoms with E-state index in [-0.39, 0.29) is 12.1 Å². The first-order valence-corrected chi connectivity index (χ1v) is 10.0. The number of likely N-dealkylation sites (tertiary alicyclic amines) is 2. The molecule has 8 nitrogen and oxygen atoms in total. The third-order valence-electron chi connectivity index (χ3n) is 5.00. The quantitative estimate of drug-likeness (QED) is 0.531. The van der Waals surface area contributed by atoms with Gasteiger partial charge < -0.3 is 25.0 Å². The van der Waals surface area contributed by atoms with Gasteiger partial charge in [-0.3, -0.25) is 9.89 Å². The van der Waals surface area contributed by atoms with E-state index in [9.17, 15) is 4.79 Å². The lowest BCUT2D eigenvalue weighted by molar-refractivity contribution is 0.0507. The Balaban J connectivity index is 1.77. The Hall–Kier alpha value is -1.54. The maximum Gasteiger partial charge on any atom is 0.407 e. The predicted octanol–water partition coefficient (Wildman–Crippen LogP) is 1.27. The van der Waals surface area contributed by atoms with Gasteiger partial charge in [-0.25, -0.2) is 4.79 Å². The van der Waals surface area contributed by atoms with Crippen molar-refractivity contribution in [1.82, 2.24) is 20.4 Å². The molecule has 0 bridgehead atoms. The van der Waals surface area contributed by atoms with E-state index in [4.69, 9.17) is 9.47 Å². The van der Waals surface area contributed by atoms with Crippen LogP contribution in [0.15, 0.2) is 4.99 Å². The number of methoxy groups -OCH3 is 1. The number of carbonyl (C=O) groups is 1. The first-order chi connectivity index (χ1) is 12.8. The largest absolute Gasteiger partial charge is 0.444 e. The average Bonchev–Trinajstić information content (AvgIpc) is 3.21. The summed E-state index contributed by atoms with van der Waals surface area (Å²) in [4.78, 5) is 21.1. The Labute approximate surface area is 163 Å². The zero-order chi connectivity index (χ0) is 19.9. The molecule has 0 aromatic carbocycles. The number of rotatable bonds is 6. The van der Waals surface area contributed by atoms with Crippen molar-refractivity contribution >= 4 is 12.1 Å². The molecule has 8 heteroatoms. The number of nitrogens with one attached hydrogen (secondary N) is 2. The van der Waals surface area contributed by atoms with Crippen molar-refractivity contribution in [1.29, 1.82) is 0 Å². The lowest BCUT2D eigenvalue weighted by Crippen LogP contribution is -2.47. The standard InChI is InChI=1S/C19H37N5O3/c1-19(2,3)27-18(25)22-15-8-10-24(14-15)17(20-4)21-13-16-7-6-9-23(16)11-12-26-5/h15-16H,6-14H2,1-5H3,(H,20,21)(H,22,25). The van der Waals surface area contributed by atoms with Crippen molar-refractivity contribution in [2.45, 2.75) is 57.7 Å². The Morgan fingerprint density at radius 2 is 2.04 bits per heavy atom. The monoisotopic (exact) mass is 383 g/mol. The van der Waals surface area contributed by atoms with Crippen LogP contribution in [0.2, 0.25) is 0 Å². The van der Waals surface area contributed by atoms with E-state index in [1.165, 1.54) is 12.8 Å². The highest BCUT2D eigenvalue weighted by atomic mass is 16.6. The molecule has 2 aliphatic rings. The summed E-state index contributed by atoms with van der Waals surface area (Å²) in [5.74, 6) is 0.905. The molecule has 2 heterocycles. The first kappa shape index (κ1) is 21.8. The fourth-order valence-corrected chi connectivity index (χ4v) is 3.72. The van der Waals surface area contributed by atoms with Gasteiger partial charge in [0.05, 0.1) is 12.6 Å². The van der Waals surface area contributed by atoms with E-state index < -0.39 is 5.60 Å². The number of guanidine groups is 1. The third kappa shape index (κ3) is 7.18. The molecule has 2 fully saturated rings. The molecular weight excluding hydrogens is 346 g/mol. The van der Waals surface area contributed by atoms with Crippen LogP contribution in [0.1, 0.15) is 40.0 Å². The second kappa shape index (κ2) is 10.1. The van der Waals surface area contributed by atoms with E-state index in [0.717, 1.165) is 51.7 Å². The molecule has 0 radical (unpaired) electrons. The number of ether oxygens (including phenoxy) is 2. The molecule has 2 saturated heterocycles. The normalized spacial score (nSPS) is 24.3. The molecule has 156 valence electrons. The van der Waals surface area contributed by atoms with Gasteiger partial charge in [-0.15, -0.1) is 0 Å². The third-order valence-corrected chi connectivity index (χ3v) is 5.00. The van der Waals surface area contributed by atoms with E-state index in [2.05, 4.69) is 25.4 Å². The van der Waals surface area contributed by atoms with E-state index in [1.54, 1.807) is 7.11 Å². The molecule has 2 unspecified atom stereocenters.